The number of likely N-dealkylation sites (N-methyl/N-ethyl adjacent to an activating group) is 1. The third-order valence-corrected chi connectivity index (χ3v) is 4.36. The SMILES string of the molecule is CN1CCN(C(C)(C)CNC2CC(N)C2)CC1. The molecule has 2 fully saturated rings. The summed E-state index contributed by atoms with van der Waals surface area (Å²) < 4.78 is 0. The molecular formula is C13H28N4. The molecule has 4 heteroatoms. The Morgan fingerprint density at radius 1 is 1.18 bits per heavy atom. The van der Waals surface area contributed by atoms with Crippen LogP contribution in [0.15, 0.2) is 0 Å². The first-order chi connectivity index (χ1) is 7.97. The van der Waals surface area contributed by atoms with Crippen LogP contribution in [0, 0.1) is 0 Å². The van der Waals surface area contributed by atoms with Gasteiger partial charge in [0, 0.05) is 50.3 Å². The molecule has 1 aliphatic heterocycles. The molecule has 1 saturated carbocycles. The predicted molar refractivity (Wildman–Crippen MR) is 72.1 cm³/mol. The molecule has 100 valence electrons. The van der Waals surface area contributed by atoms with Gasteiger partial charge in [-0.25, -0.2) is 0 Å². The van der Waals surface area contributed by atoms with E-state index in [0.717, 1.165) is 19.4 Å². The molecule has 0 aromatic rings. The van der Waals surface area contributed by atoms with E-state index in [1.165, 1.54) is 26.2 Å². The van der Waals surface area contributed by atoms with Gasteiger partial charge in [0.15, 0.2) is 0 Å². The summed E-state index contributed by atoms with van der Waals surface area (Å²) in [6.45, 7) is 10.5. The van der Waals surface area contributed by atoms with Crippen LogP contribution in [0.1, 0.15) is 26.7 Å². The van der Waals surface area contributed by atoms with Crippen LogP contribution in [-0.2, 0) is 0 Å². The third-order valence-electron chi connectivity index (χ3n) is 4.36. The summed E-state index contributed by atoms with van der Waals surface area (Å²) in [6, 6.07) is 1.11. The number of rotatable bonds is 4. The van der Waals surface area contributed by atoms with Crippen LogP contribution in [0.3, 0.4) is 0 Å². The zero-order valence-corrected chi connectivity index (χ0v) is 11.6. The van der Waals surface area contributed by atoms with Gasteiger partial charge in [0.05, 0.1) is 0 Å². The van der Waals surface area contributed by atoms with Crippen molar-refractivity contribution in [2.75, 3.05) is 39.8 Å². The van der Waals surface area contributed by atoms with Crippen molar-refractivity contribution in [2.24, 2.45) is 5.73 Å². The van der Waals surface area contributed by atoms with E-state index in [4.69, 9.17) is 5.73 Å². The molecule has 1 saturated heterocycles. The van der Waals surface area contributed by atoms with E-state index in [1.807, 2.05) is 0 Å². The minimum Gasteiger partial charge on any atom is -0.328 e. The Morgan fingerprint density at radius 2 is 1.76 bits per heavy atom. The fraction of sp³-hybridized carbons (Fsp3) is 1.00. The van der Waals surface area contributed by atoms with Gasteiger partial charge in [0.2, 0.25) is 0 Å². The highest BCUT2D eigenvalue weighted by Crippen LogP contribution is 2.20. The number of nitrogens with one attached hydrogen (secondary N) is 1. The molecule has 3 N–H and O–H groups in total. The average Bonchev–Trinajstić information content (AvgIpc) is 2.23. The molecular weight excluding hydrogens is 212 g/mol. The van der Waals surface area contributed by atoms with Crippen molar-refractivity contribution < 1.29 is 0 Å². The summed E-state index contributed by atoms with van der Waals surface area (Å²) in [7, 11) is 2.21. The normalized spacial score (nSPS) is 32.5. The molecule has 2 aliphatic rings. The molecule has 17 heavy (non-hydrogen) atoms. The van der Waals surface area contributed by atoms with Crippen molar-refractivity contribution >= 4 is 0 Å². The predicted octanol–water partition coefficient (Wildman–Crippen LogP) is 0.0917. The van der Waals surface area contributed by atoms with Crippen molar-refractivity contribution in [1.29, 1.82) is 0 Å². The number of nitrogens with zero attached hydrogens (tertiary/aromatic N) is 2. The Balaban J connectivity index is 1.73. The first-order valence-corrected chi connectivity index (χ1v) is 6.90. The van der Waals surface area contributed by atoms with E-state index < -0.39 is 0 Å². The Kier molecular flexibility index (Phi) is 4.08. The molecule has 0 aromatic heterocycles. The molecule has 0 aromatic carbocycles. The monoisotopic (exact) mass is 240 g/mol. The van der Waals surface area contributed by atoms with Crippen LogP contribution in [0.25, 0.3) is 0 Å². The van der Waals surface area contributed by atoms with Gasteiger partial charge in [0.1, 0.15) is 0 Å². The van der Waals surface area contributed by atoms with Crippen LogP contribution >= 0.6 is 0 Å². The van der Waals surface area contributed by atoms with Crippen molar-refractivity contribution in [2.45, 2.75) is 44.3 Å². The zero-order chi connectivity index (χ0) is 12.5. The second-order valence-electron chi connectivity index (χ2n) is 6.41. The Labute approximate surface area is 106 Å². The second kappa shape index (κ2) is 5.22. The maximum absolute atomic E-state index is 5.81. The van der Waals surface area contributed by atoms with Gasteiger partial charge in [0.25, 0.3) is 0 Å². The fourth-order valence-electron chi connectivity index (χ4n) is 2.75. The first kappa shape index (κ1) is 13.3. The van der Waals surface area contributed by atoms with Crippen molar-refractivity contribution in [3.63, 3.8) is 0 Å². The van der Waals surface area contributed by atoms with E-state index >= 15 is 0 Å². The van der Waals surface area contributed by atoms with Gasteiger partial charge in [-0.15, -0.1) is 0 Å². The van der Waals surface area contributed by atoms with Gasteiger partial charge in [-0.2, -0.15) is 0 Å². The summed E-state index contributed by atoms with van der Waals surface area (Å²) in [5, 5.41) is 3.66. The number of piperazine rings is 1. The van der Waals surface area contributed by atoms with E-state index in [-0.39, 0.29) is 5.54 Å². The maximum atomic E-state index is 5.81. The lowest BCUT2D eigenvalue weighted by atomic mass is 9.87. The molecule has 4 nitrogen and oxygen atoms in total. The Bertz CT molecular complexity index is 240. The lowest BCUT2D eigenvalue weighted by Gasteiger charge is -2.45. The van der Waals surface area contributed by atoms with Crippen molar-refractivity contribution in [1.82, 2.24) is 15.1 Å². The highest BCUT2D eigenvalue weighted by Gasteiger charge is 2.32. The molecule has 1 heterocycles. The van der Waals surface area contributed by atoms with E-state index in [2.05, 4.69) is 36.0 Å². The largest absolute Gasteiger partial charge is 0.328 e. The summed E-state index contributed by atoms with van der Waals surface area (Å²) >= 11 is 0. The molecule has 0 spiro atoms. The van der Waals surface area contributed by atoms with Gasteiger partial charge in [-0.05, 0) is 33.7 Å². The Hall–Kier alpha value is -0.160. The van der Waals surface area contributed by atoms with Crippen LogP contribution < -0.4 is 11.1 Å². The van der Waals surface area contributed by atoms with Crippen LogP contribution in [0.5, 0.6) is 0 Å². The number of hydrogen-bond acceptors (Lipinski definition) is 4. The van der Waals surface area contributed by atoms with E-state index in [0.29, 0.717) is 12.1 Å². The summed E-state index contributed by atoms with van der Waals surface area (Å²) in [5.74, 6) is 0. The second-order valence-corrected chi connectivity index (χ2v) is 6.41. The van der Waals surface area contributed by atoms with Gasteiger partial charge in [-0.3, -0.25) is 4.90 Å². The number of nitrogens with two attached hydrogens (primary N) is 1. The molecule has 2 rings (SSSR count). The summed E-state index contributed by atoms with van der Waals surface area (Å²) in [6.07, 6.45) is 2.30. The average molecular weight is 240 g/mol. The topological polar surface area (TPSA) is 44.5 Å². The van der Waals surface area contributed by atoms with E-state index in [9.17, 15) is 0 Å². The van der Waals surface area contributed by atoms with E-state index in [1.54, 1.807) is 0 Å². The summed E-state index contributed by atoms with van der Waals surface area (Å²) in [5.41, 5.74) is 6.08. The minimum atomic E-state index is 0.265. The molecule has 0 unspecified atom stereocenters. The molecule has 0 atom stereocenters. The van der Waals surface area contributed by atoms with Crippen LogP contribution in [0.2, 0.25) is 0 Å². The first-order valence-electron chi connectivity index (χ1n) is 6.90. The number of hydrogen-bond donors (Lipinski definition) is 2. The summed E-state index contributed by atoms with van der Waals surface area (Å²) in [4.78, 5) is 5.02. The highest BCUT2D eigenvalue weighted by molar-refractivity contribution is 4.92. The fourth-order valence-corrected chi connectivity index (χ4v) is 2.75. The lowest BCUT2D eigenvalue weighted by Crippen LogP contribution is -2.59. The van der Waals surface area contributed by atoms with Gasteiger partial charge < -0.3 is 16.0 Å². The van der Waals surface area contributed by atoms with Crippen molar-refractivity contribution in [3.05, 3.63) is 0 Å². The molecule has 0 amide bonds. The highest BCUT2D eigenvalue weighted by atomic mass is 15.3. The maximum Gasteiger partial charge on any atom is 0.0278 e. The smallest absolute Gasteiger partial charge is 0.0278 e. The minimum absolute atomic E-state index is 0.265. The quantitative estimate of drug-likeness (QED) is 0.731. The lowest BCUT2D eigenvalue weighted by molar-refractivity contribution is 0.0573. The van der Waals surface area contributed by atoms with Crippen LogP contribution in [-0.4, -0.2) is 67.2 Å². The third kappa shape index (κ3) is 3.41. The molecule has 0 bridgehead atoms. The molecule has 1 aliphatic carbocycles. The van der Waals surface area contributed by atoms with Crippen LogP contribution in [0.4, 0.5) is 0 Å². The van der Waals surface area contributed by atoms with Gasteiger partial charge in [-0.1, -0.05) is 0 Å². The zero-order valence-electron chi connectivity index (χ0n) is 11.6. The van der Waals surface area contributed by atoms with Gasteiger partial charge >= 0.3 is 0 Å². The van der Waals surface area contributed by atoms with Crippen molar-refractivity contribution in [3.8, 4) is 0 Å². The Morgan fingerprint density at radius 3 is 2.29 bits per heavy atom. The molecule has 0 radical (unpaired) electrons. The standard InChI is InChI=1S/C13H28N4/c1-13(2,10-15-12-8-11(14)9-12)17-6-4-16(3)5-7-17/h11-12,15H,4-10,14H2,1-3H3.